The molecule has 0 saturated heterocycles. The van der Waals surface area contributed by atoms with Gasteiger partial charge in [0.05, 0.1) is 6.10 Å². The number of nitrogens with one attached hydrogen (secondary N) is 2. The van der Waals surface area contributed by atoms with Crippen molar-refractivity contribution in [3.63, 3.8) is 0 Å². The summed E-state index contributed by atoms with van der Waals surface area (Å²) in [5, 5.41) is 12.4. The van der Waals surface area contributed by atoms with E-state index in [9.17, 15) is 14.7 Å². The zero-order valence-corrected chi connectivity index (χ0v) is 12.5. The van der Waals surface area contributed by atoms with Crippen LogP contribution in [0.2, 0.25) is 0 Å². The second kappa shape index (κ2) is 6.13. The quantitative estimate of drug-likeness (QED) is 0.696. The van der Waals surface area contributed by atoms with Crippen molar-refractivity contribution in [2.45, 2.75) is 39.3 Å². The molecule has 0 aliphatic rings. The first kappa shape index (κ1) is 15.3. The number of imidazole rings is 1. The van der Waals surface area contributed by atoms with Gasteiger partial charge in [0.25, 0.3) is 5.56 Å². The van der Waals surface area contributed by atoms with Gasteiger partial charge in [0, 0.05) is 20.1 Å². The summed E-state index contributed by atoms with van der Waals surface area (Å²) in [4.78, 5) is 30.4. The van der Waals surface area contributed by atoms with E-state index >= 15 is 0 Å². The molecular weight excluding hydrogens is 274 g/mol. The molecule has 0 bridgehead atoms. The van der Waals surface area contributed by atoms with E-state index in [1.54, 1.807) is 18.5 Å². The van der Waals surface area contributed by atoms with Crippen LogP contribution in [0.4, 0.5) is 5.95 Å². The molecule has 0 fully saturated rings. The lowest BCUT2D eigenvalue weighted by molar-refractivity contribution is 0.208. The van der Waals surface area contributed by atoms with Gasteiger partial charge >= 0.3 is 5.69 Å². The van der Waals surface area contributed by atoms with Crippen LogP contribution in [0.5, 0.6) is 0 Å². The monoisotopic (exact) mass is 295 g/mol. The molecule has 3 N–H and O–H groups in total. The fourth-order valence-electron chi connectivity index (χ4n) is 2.14. The maximum Gasteiger partial charge on any atom is 0.329 e. The SMILES string of the molecule is CCCCn1c(NCC(C)O)nc2c1c(=O)[nH]c(=O)n2C. The summed E-state index contributed by atoms with van der Waals surface area (Å²) >= 11 is 0. The Kier molecular flexibility index (Phi) is 4.46. The van der Waals surface area contributed by atoms with Gasteiger partial charge in [-0.3, -0.25) is 14.3 Å². The lowest BCUT2D eigenvalue weighted by Crippen LogP contribution is -2.29. The first-order chi connectivity index (χ1) is 9.95. The van der Waals surface area contributed by atoms with Crippen LogP contribution in [0, 0.1) is 0 Å². The summed E-state index contributed by atoms with van der Waals surface area (Å²) in [6, 6.07) is 0. The molecule has 116 valence electrons. The highest BCUT2D eigenvalue weighted by molar-refractivity contribution is 5.74. The number of hydrogen-bond donors (Lipinski definition) is 3. The van der Waals surface area contributed by atoms with Gasteiger partial charge in [-0.15, -0.1) is 0 Å². The van der Waals surface area contributed by atoms with Crippen LogP contribution in [0.15, 0.2) is 9.59 Å². The summed E-state index contributed by atoms with van der Waals surface area (Å²) in [5.74, 6) is 0.492. The number of aliphatic hydroxyl groups is 1. The number of rotatable bonds is 6. The molecule has 2 aromatic rings. The summed E-state index contributed by atoms with van der Waals surface area (Å²) in [6.45, 7) is 4.66. The van der Waals surface area contributed by atoms with Crippen LogP contribution in [0.3, 0.4) is 0 Å². The van der Waals surface area contributed by atoms with Gasteiger partial charge in [-0.1, -0.05) is 13.3 Å². The van der Waals surface area contributed by atoms with Crippen LogP contribution in [-0.4, -0.2) is 36.9 Å². The lowest BCUT2D eigenvalue weighted by Gasteiger charge is -2.10. The minimum atomic E-state index is -0.536. The molecule has 2 aromatic heterocycles. The number of nitrogens with zero attached hydrogens (tertiary/aromatic N) is 3. The molecule has 8 nitrogen and oxygen atoms in total. The van der Waals surface area contributed by atoms with Gasteiger partial charge in [-0.2, -0.15) is 4.98 Å². The van der Waals surface area contributed by atoms with Crippen molar-refractivity contribution in [3.05, 3.63) is 20.8 Å². The highest BCUT2D eigenvalue weighted by atomic mass is 16.3. The number of aryl methyl sites for hydroxylation is 2. The second-order valence-corrected chi connectivity index (χ2v) is 5.16. The van der Waals surface area contributed by atoms with Crippen LogP contribution in [-0.2, 0) is 13.6 Å². The summed E-state index contributed by atoms with van der Waals surface area (Å²) in [6.07, 6.45) is 1.32. The van der Waals surface area contributed by atoms with E-state index in [1.807, 2.05) is 0 Å². The maximum absolute atomic E-state index is 12.1. The average molecular weight is 295 g/mol. The molecule has 0 spiro atoms. The van der Waals surface area contributed by atoms with Crippen LogP contribution < -0.4 is 16.6 Å². The zero-order valence-electron chi connectivity index (χ0n) is 12.5. The predicted molar refractivity (Wildman–Crippen MR) is 80.7 cm³/mol. The minimum Gasteiger partial charge on any atom is -0.392 e. The Morgan fingerprint density at radius 3 is 2.76 bits per heavy atom. The topological polar surface area (TPSA) is 105 Å². The molecule has 0 aliphatic heterocycles. The van der Waals surface area contributed by atoms with Crippen molar-refractivity contribution in [1.29, 1.82) is 0 Å². The van der Waals surface area contributed by atoms with Crippen molar-refractivity contribution in [3.8, 4) is 0 Å². The first-order valence-corrected chi connectivity index (χ1v) is 7.07. The third-order valence-corrected chi connectivity index (χ3v) is 3.30. The number of aromatic amines is 1. The van der Waals surface area contributed by atoms with Gasteiger partial charge in [0.2, 0.25) is 5.95 Å². The number of anilines is 1. The molecule has 1 atom stereocenters. The van der Waals surface area contributed by atoms with Crippen LogP contribution in [0.1, 0.15) is 26.7 Å². The third kappa shape index (κ3) is 2.99. The molecule has 0 radical (unpaired) electrons. The van der Waals surface area contributed by atoms with E-state index in [1.165, 1.54) is 4.57 Å². The molecule has 8 heteroatoms. The molecule has 2 heterocycles. The number of hydrogen-bond acceptors (Lipinski definition) is 5. The van der Waals surface area contributed by atoms with E-state index < -0.39 is 17.4 Å². The average Bonchev–Trinajstić information content (AvgIpc) is 2.79. The van der Waals surface area contributed by atoms with Gasteiger partial charge in [0.1, 0.15) is 0 Å². The Balaban J connectivity index is 2.61. The van der Waals surface area contributed by atoms with Crippen molar-refractivity contribution < 1.29 is 5.11 Å². The normalized spacial score (nSPS) is 12.8. The number of H-pyrrole nitrogens is 1. The van der Waals surface area contributed by atoms with Crippen molar-refractivity contribution in [2.75, 3.05) is 11.9 Å². The predicted octanol–water partition coefficient (Wildman–Crippen LogP) is 0.0161. The fraction of sp³-hybridized carbons (Fsp3) is 0.615. The van der Waals surface area contributed by atoms with E-state index in [0.29, 0.717) is 30.2 Å². The number of fused-ring (bicyclic) bond motifs is 1. The Bertz CT molecular complexity index is 741. The van der Waals surface area contributed by atoms with E-state index in [2.05, 4.69) is 22.2 Å². The summed E-state index contributed by atoms with van der Waals surface area (Å²) in [5.41, 5.74) is -0.219. The second-order valence-electron chi connectivity index (χ2n) is 5.16. The molecule has 0 aliphatic carbocycles. The van der Waals surface area contributed by atoms with E-state index in [0.717, 1.165) is 12.8 Å². The Hall–Kier alpha value is -2.09. The highest BCUT2D eigenvalue weighted by Crippen LogP contribution is 2.16. The lowest BCUT2D eigenvalue weighted by atomic mass is 10.3. The number of aliphatic hydroxyl groups excluding tert-OH is 1. The smallest absolute Gasteiger partial charge is 0.329 e. The molecule has 0 aromatic carbocycles. The molecule has 0 saturated carbocycles. The summed E-state index contributed by atoms with van der Waals surface area (Å²) < 4.78 is 3.08. The molecule has 2 rings (SSSR count). The van der Waals surface area contributed by atoms with Crippen molar-refractivity contribution >= 4 is 17.1 Å². The van der Waals surface area contributed by atoms with Gasteiger partial charge in [0.15, 0.2) is 11.2 Å². The summed E-state index contributed by atoms with van der Waals surface area (Å²) in [7, 11) is 1.57. The third-order valence-electron chi connectivity index (χ3n) is 3.30. The Morgan fingerprint density at radius 2 is 2.14 bits per heavy atom. The fourth-order valence-corrected chi connectivity index (χ4v) is 2.14. The van der Waals surface area contributed by atoms with Crippen LogP contribution in [0.25, 0.3) is 11.2 Å². The Labute approximate surface area is 121 Å². The molecule has 21 heavy (non-hydrogen) atoms. The number of unbranched alkanes of at least 4 members (excludes halogenated alkanes) is 1. The standard InChI is InChI=1S/C13H21N5O3/c1-4-5-6-18-9-10(15-12(18)14-7-8(2)19)17(3)13(21)16-11(9)20/h8,19H,4-7H2,1-3H3,(H,14,15)(H,16,20,21). The molecule has 0 amide bonds. The number of aromatic nitrogens is 4. The first-order valence-electron chi connectivity index (χ1n) is 7.07. The van der Waals surface area contributed by atoms with Gasteiger partial charge in [-0.05, 0) is 13.3 Å². The Morgan fingerprint density at radius 1 is 1.43 bits per heavy atom. The molecule has 1 unspecified atom stereocenters. The van der Waals surface area contributed by atoms with E-state index in [4.69, 9.17) is 0 Å². The van der Waals surface area contributed by atoms with Crippen molar-refractivity contribution in [2.24, 2.45) is 7.05 Å². The van der Waals surface area contributed by atoms with Gasteiger partial charge < -0.3 is 15.0 Å². The van der Waals surface area contributed by atoms with E-state index in [-0.39, 0.29) is 0 Å². The minimum absolute atomic E-state index is 0.321. The van der Waals surface area contributed by atoms with Gasteiger partial charge in [-0.25, -0.2) is 4.79 Å². The highest BCUT2D eigenvalue weighted by Gasteiger charge is 2.16. The maximum atomic E-state index is 12.1. The van der Waals surface area contributed by atoms with Crippen molar-refractivity contribution in [1.82, 2.24) is 19.1 Å². The molecular formula is C13H21N5O3. The largest absolute Gasteiger partial charge is 0.392 e. The zero-order chi connectivity index (χ0) is 15.6. The van der Waals surface area contributed by atoms with Crippen LogP contribution >= 0.6 is 0 Å².